The van der Waals surface area contributed by atoms with Gasteiger partial charge in [0.1, 0.15) is 0 Å². The molecule has 0 aromatic heterocycles. The fraction of sp³-hybridized carbons (Fsp3) is 0.500. The van der Waals surface area contributed by atoms with Crippen molar-refractivity contribution in [1.82, 2.24) is 0 Å². The van der Waals surface area contributed by atoms with Gasteiger partial charge in [0, 0.05) is 11.9 Å². The molecule has 0 atom stereocenters. The van der Waals surface area contributed by atoms with E-state index in [-0.39, 0.29) is 20.3 Å². The van der Waals surface area contributed by atoms with Gasteiger partial charge in [0.25, 0.3) is 0 Å². The average molecular weight is 124 g/mol. The van der Waals surface area contributed by atoms with Crippen LogP contribution in [0, 0.1) is 0 Å². The van der Waals surface area contributed by atoms with Crippen LogP contribution in [0.2, 0.25) is 0 Å². The Morgan fingerprint density at radius 3 is 1.44 bits per heavy atom. The summed E-state index contributed by atoms with van der Waals surface area (Å²) in [4.78, 5) is 19.0. The molecule has 0 aromatic rings. The molecular weight excluding hydrogens is 119 g/mol. The number of hydrogen-bond donors (Lipinski definition) is 0. The first-order chi connectivity index (χ1) is 3.63. The summed E-state index contributed by atoms with van der Waals surface area (Å²) in [5.74, 6) is -2.73. The van der Waals surface area contributed by atoms with Gasteiger partial charge in [-0.2, -0.15) is 0 Å². The quantitative estimate of drug-likeness (QED) is 0.351. The molecule has 0 bridgehead atoms. The molecule has 0 fully saturated rings. The van der Waals surface area contributed by atoms with Gasteiger partial charge in [-0.15, -0.1) is 0 Å². The standard InChI is InChI=1S/C4H6O4.Li/c5-3(6)1-2-4(7)8;/h1-2H2,(H,5,6)(H,7,8);/q;+1/p-1. The van der Waals surface area contributed by atoms with E-state index >= 15 is 0 Å². The van der Waals surface area contributed by atoms with Gasteiger partial charge < -0.3 is 19.8 Å². The maximum atomic E-state index is 9.50. The summed E-state index contributed by atoms with van der Waals surface area (Å²) in [6.45, 7) is 0. The van der Waals surface area contributed by atoms with E-state index in [1.165, 1.54) is 0 Å². The molecule has 5 heteroatoms. The van der Waals surface area contributed by atoms with E-state index in [4.69, 9.17) is 0 Å². The van der Waals surface area contributed by atoms with E-state index in [0.717, 1.165) is 0 Å². The molecule has 9 heavy (non-hydrogen) atoms. The summed E-state index contributed by atoms with van der Waals surface area (Å²) >= 11 is 0. The van der Waals surface area contributed by atoms with Crippen molar-refractivity contribution in [2.45, 2.75) is 12.8 Å². The van der Waals surface area contributed by atoms with E-state index in [2.05, 4.69) is 0 Å². The Morgan fingerprint density at radius 2 is 1.33 bits per heavy atom. The van der Waals surface area contributed by atoms with Gasteiger partial charge in [-0.25, -0.2) is 0 Å². The third-order valence-corrected chi connectivity index (χ3v) is 0.533. The summed E-state index contributed by atoms with van der Waals surface area (Å²) < 4.78 is 0. The minimum atomic E-state index is -1.37. The van der Waals surface area contributed by atoms with Gasteiger partial charge in [-0.1, -0.05) is 0 Å². The molecule has 0 saturated heterocycles. The van der Waals surface area contributed by atoms with Crippen LogP contribution in [0.4, 0.5) is 0 Å². The fourth-order valence-electron chi connectivity index (χ4n) is 0.204. The summed E-state index contributed by atoms with van der Waals surface area (Å²) in [6, 6.07) is 0. The van der Waals surface area contributed by atoms with Crippen LogP contribution in [-0.2, 0) is 9.59 Å². The molecule has 46 valence electrons. The minimum Gasteiger partial charge on any atom is -0.550 e. The number of hydrogen-bond acceptors (Lipinski definition) is 4. The van der Waals surface area contributed by atoms with E-state index in [1.54, 1.807) is 0 Å². The fourth-order valence-corrected chi connectivity index (χ4v) is 0.204. The van der Waals surface area contributed by atoms with Crippen molar-refractivity contribution in [1.29, 1.82) is 0 Å². The summed E-state index contributed by atoms with van der Waals surface area (Å²) in [5, 5.41) is 19.0. The van der Waals surface area contributed by atoms with Crippen LogP contribution in [0.5, 0.6) is 0 Å². The molecule has 0 radical (unpaired) electrons. The number of carbonyl (C=O) groups excluding carboxylic acids is 2. The van der Waals surface area contributed by atoms with Crippen molar-refractivity contribution in [2.24, 2.45) is 0 Å². The van der Waals surface area contributed by atoms with E-state index < -0.39 is 24.8 Å². The van der Waals surface area contributed by atoms with Crippen molar-refractivity contribution in [3.8, 4) is 0 Å². The van der Waals surface area contributed by atoms with Crippen LogP contribution in [-0.4, -0.2) is 11.9 Å². The molecule has 0 aliphatic rings. The molecule has 0 aromatic carbocycles. The maximum absolute atomic E-state index is 9.50. The van der Waals surface area contributed by atoms with Gasteiger partial charge in [-0.3, -0.25) is 0 Å². The number of rotatable bonds is 3. The summed E-state index contributed by atoms with van der Waals surface area (Å²) in [5.41, 5.74) is 0. The zero-order valence-corrected chi connectivity index (χ0v) is 5.05. The first-order valence-corrected chi connectivity index (χ1v) is 2.02. The molecule has 0 rings (SSSR count). The van der Waals surface area contributed by atoms with Crippen LogP contribution in [0.1, 0.15) is 14.3 Å². The van der Waals surface area contributed by atoms with Gasteiger partial charge in [0.15, 0.2) is 0 Å². The number of carboxylic acids is 2. The molecule has 4 nitrogen and oxygen atoms in total. The van der Waals surface area contributed by atoms with Crippen molar-refractivity contribution in [2.75, 3.05) is 0 Å². The molecule has 0 unspecified atom stereocenters. The van der Waals surface area contributed by atoms with Crippen molar-refractivity contribution >= 4 is 11.9 Å². The number of aliphatic carboxylic acids is 2. The Hall–Kier alpha value is -0.463. The smallest absolute Gasteiger partial charge is 0.550 e. The molecule has 0 heterocycles. The van der Waals surface area contributed by atoms with Gasteiger partial charge >= 0.3 is 20.3 Å². The largest absolute Gasteiger partial charge is 1.00 e. The Bertz CT molecular complexity index is 102. The summed E-state index contributed by atoms with van der Waals surface area (Å²) in [6.07, 6.45) is -0.940. The van der Waals surface area contributed by atoms with E-state index in [1.807, 2.05) is 0 Å². The molecule has 0 spiro atoms. The third-order valence-electron chi connectivity index (χ3n) is 0.533. The molecular formula is C4H5LiO4. The third kappa shape index (κ3) is 11.2. The SMILES string of the molecule is O=C([O-])CCC(=O)[O-].[H+].[Li+]. The van der Waals surface area contributed by atoms with Crippen LogP contribution in [0.25, 0.3) is 0 Å². The van der Waals surface area contributed by atoms with Gasteiger partial charge in [-0.05, 0) is 12.8 Å². The number of carbonyl (C=O) groups is 2. The van der Waals surface area contributed by atoms with Crippen LogP contribution >= 0.6 is 0 Å². The van der Waals surface area contributed by atoms with Crippen molar-refractivity contribution in [3.05, 3.63) is 0 Å². The Balaban J connectivity index is -0.000000245. The maximum Gasteiger partial charge on any atom is 1.00 e. The minimum absolute atomic E-state index is 0. The second kappa shape index (κ2) is 5.67. The monoisotopic (exact) mass is 124 g/mol. The first kappa shape index (κ1) is 11.3. The predicted octanol–water partition coefficient (Wildman–Crippen LogP) is -5.62. The molecule has 0 amide bonds. The van der Waals surface area contributed by atoms with Crippen molar-refractivity contribution < 1.29 is 40.1 Å². The second-order valence-corrected chi connectivity index (χ2v) is 1.24. The van der Waals surface area contributed by atoms with E-state index in [9.17, 15) is 19.8 Å². The van der Waals surface area contributed by atoms with Crippen LogP contribution in [0.15, 0.2) is 0 Å². The van der Waals surface area contributed by atoms with Gasteiger partial charge in [0.2, 0.25) is 0 Å². The molecule has 0 aliphatic heterocycles. The Kier molecular flexibility index (Phi) is 7.15. The molecule has 0 saturated carbocycles. The van der Waals surface area contributed by atoms with Crippen molar-refractivity contribution in [3.63, 3.8) is 0 Å². The second-order valence-electron chi connectivity index (χ2n) is 1.24. The normalized spacial score (nSPS) is 7.56. The zero-order valence-electron chi connectivity index (χ0n) is 6.05. The summed E-state index contributed by atoms with van der Waals surface area (Å²) in [7, 11) is 0. The molecule has 0 N–H and O–H groups in total. The zero-order chi connectivity index (χ0) is 6.57. The Labute approximate surface area is 65.5 Å². The van der Waals surface area contributed by atoms with Crippen LogP contribution in [0.3, 0.4) is 0 Å². The Morgan fingerprint density at radius 1 is 1.11 bits per heavy atom. The van der Waals surface area contributed by atoms with Gasteiger partial charge in [0.05, 0.1) is 0 Å². The van der Waals surface area contributed by atoms with E-state index in [0.29, 0.717) is 0 Å². The van der Waals surface area contributed by atoms with Crippen LogP contribution < -0.4 is 29.1 Å². The molecule has 0 aliphatic carbocycles. The number of carboxylic acid groups (broad SMARTS) is 2. The predicted molar refractivity (Wildman–Crippen MR) is 20.4 cm³/mol. The first-order valence-electron chi connectivity index (χ1n) is 2.02. The topological polar surface area (TPSA) is 80.3 Å². The average Bonchev–Trinajstić information content (AvgIpc) is 1.61.